The summed E-state index contributed by atoms with van der Waals surface area (Å²) in [6.07, 6.45) is 1.83. The average Bonchev–Trinajstić information content (AvgIpc) is 3.23. The van der Waals surface area contributed by atoms with Gasteiger partial charge in [0.25, 0.3) is 11.5 Å². The van der Waals surface area contributed by atoms with Crippen LogP contribution in [0.1, 0.15) is 24.1 Å². The van der Waals surface area contributed by atoms with Gasteiger partial charge in [-0.05, 0) is 60.5 Å². The number of fused-ring (bicyclic) bond motifs is 1. The van der Waals surface area contributed by atoms with E-state index in [-0.39, 0.29) is 11.5 Å². The zero-order valence-corrected chi connectivity index (χ0v) is 21.4. The normalized spacial score (nSPS) is 15.1. The highest BCUT2D eigenvalue weighted by Gasteiger charge is 2.32. The molecule has 4 aromatic rings. The Bertz CT molecular complexity index is 1650. The van der Waals surface area contributed by atoms with Crippen LogP contribution in [0.15, 0.2) is 99.9 Å². The Balaban J connectivity index is 1.65. The molecule has 37 heavy (non-hydrogen) atoms. The molecule has 5 rings (SSSR count). The number of thiazole rings is 1. The molecule has 0 spiro atoms. The number of allylic oxidation sites excluding steroid dienone is 1. The van der Waals surface area contributed by atoms with E-state index in [9.17, 15) is 9.59 Å². The van der Waals surface area contributed by atoms with Crippen molar-refractivity contribution < 1.29 is 14.3 Å². The van der Waals surface area contributed by atoms with Gasteiger partial charge in [-0.25, -0.2) is 4.99 Å². The smallest absolute Gasteiger partial charge is 0.271 e. The molecule has 7 nitrogen and oxygen atoms in total. The fourth-order valence-corrected chi connectivity index (χ4v) is 5.33. The van der Waals surface area contributed by atoms with Gasteiger partial charge in [0, 0.05) is 5.69 Å². The first-order valence-electron chi connectivity index (χ1n) is 11.7. The molecular weight excluding hydrogens is 486 g/mol. The van der Waals surface area contributed by atoms with Gasteiger partial charge in [-0.2, -0.15) is 0 Å². The predicted octanol–water partition coefficient (Wildman–Crippen LogP) is 3.89. The van der Waals surface area contributed by atoms with Gasteiger partial charge in [0.1, 0.15) is 11.5 Å². The number of para-hydroxylation sites is 1. The maximum absolute atomic E-state index is 13.8. The van der Waals surface area contributed by atoms with E-state index in [0.717, 1.165) is 16.9 Å². The van der Waals surface area contributed by atoms with Crippen LogP contribution >= 0.6 is 11.3 Å². The summed E-state index contributed by atoms with van der Waals surface area (Å²) in [4.78, 5) is 32.6. The second-order valence-corrected chi connectivity index (χ2v) is 9.46. The summed E-state index contributed by atoms with van der Waals surface area (Å²) < 4.78 is 12.7. The number of nitrogens with one attached hydrogen (secondary N) is 1. The Hall–Kier alpha value is -4.43. The maximum atomic E-state index is 13.8. The van der Waals surface area contributed by atoms with E-state index in [0.29, 0.717) is 32.0 Å². The Labute approximate surface area is 217 Å². The summed E-state index contributed by atoms with van der Waals surface area (Å²) in [5.41, 5.74) is 3.08. The van der Waals surface area contributed by atoms with Crippen LogP contribution in [0.3, 0.4) is 0 Å². The molecule has 0 radical (unpaired) electrons. The highest BCUT2D eigenvalue weighted by molar-refractivity contribution is 7.07. The van der Waals surface area contributed by atoms with Gasteiger partial charge in [-0.3, -0.25) is 14.2 Å². The lowest BCUT2D eigenvalue weighted by Gasteiger charge is -2.25. The number of aromatic nitrogens is 1. The molecule has 186 valence electrons. The Kier molecular flexibility index (Phi) is 6.74. The molecule has 8 heteroatoms. The van der Waals surface area contributed by atoms with Gasteiger partial charge in [0.05, 0.1) is 36.1 Å². The summed E-state index contributed by atoms with van der Waals surface area (Å²) >= 11 is 1.30. The predicted molar refractivity (Wildman–Crippen MR) is 145 cm³/mol. The van der Waals surface area contributed by atoms with Crippen molar-refractivity contribution in [2.24, 2.45) is 4.99 Å². The van der Waals surface area contributed by atoms with E-state index in [1.807, 2.05) is 84.9 Å². The van der Waals surface area contributed by atoms with E-state index in [1.54, 1.807) is 25.7 Å². The number of nitrogens with zero attached hydrogens (tertiary/aromatic N) is 2. The molecule has 1 atom stereocenters. The second kappa shape index (κ2) is 10.3. The quantitative estimate of drug-likeness (QED) is 0.426. The molecule has 0 unspecified atom stereocenters. The van der Waals surface area contributed by atoms with E-state index in [1.165, 1.54) is 11.3 Å². The molecule has 0 fully saturated rings. The first kappa shape index (κ1) is 24.3. The van der Waals surface area contributed by atoms with Crippen molar-refractivity contribution in [1.82, 2.24) is 4.57 Å². The molecule has 1 aromatic heterocycles. The van der Waals surface area contributed by atoms with E-state index in [2.05, 4.69) is 10.3 Å². The lowest BCUT2D eigenvalue weighted by Crippen LogP contribution is -2.40. The van der Waals surface area contributed by atoms with Crippen LogP contribution in [0.25, 0.3) is 6.08 Å². The zero-order chi connectivity index (χ0) is 25.9. The summed E-state index contributed by atoms with van der Waals surface area (Å²) in [6, 6.07) is 23.4. The van der Waals surface area contributed by atoms with Crippen LogP contribution < -0.4 is 29.7 Å². The molecule has 1 amide bonds. The summed E-state index contributed by atoms with van der Waals surface area (Å²) in [7, 11) is 3.21. The van der Waals surface area contributed by atoms with Crippen molar-refractivity contribution in [1.29, 1.82) is 0 Å². The number of methoxy groups -OCH3 is 2. The topological polar surface area (TPSA) is 81.9 Å². The minimum absolute atomic E-state index is 0.210. The Morgan fingerprint density at radius 2 is 1.57 bits per heavy atom. The summed E-state index contributed by atoms with van der Waals surface area (Å²) in [6.45, 7) is 1.80. The second-order valence-electron chi connectivity index (χ2n) is 8.45. The maximum Gasteiger partial charge on any atom is 0.271 e. The molecule has 0 saturated carbocycles. The van der Waals surface area contributed by atoms with E-state index < -0.39 is 6.04 Å². The number of hydrogen-bond donors (Lipinski definition) is 1. The molecule has 1 aliphatic rings. The molecule has 0 bridgehead atoms. The molecule has 0 aliphatic carbocycles. The summed E-state index contributed by atoms with van der Waals surface area (Å²) in [5, 5.41) is 2.96. The van der Waals surface area contributed by atoms with Crippen molar-refractivity contribution in [3.8, 4) is 11.5 Å². The van der Waals surface area contributed by atoms with Gasteiger partial charge >= 0.3 is 0 Å². The van der Waals surface area contributed by atoms with Gasteiger partial charge in [0.15, 0.2) is 4.80 Å². The largest absolute Gasteiger partial charge is 0.497 e. The first-order chi connectivity index (χ1) is 18.0. The molecule has 0 saturated heterocycles. The molecule has 3 aromatic carbocycles. The average molecular weight is 512 g/mol. The first-order valence-corrected chi connectivity index (χ1v) is 12.5. The van der Waals surface area contributed by atoms with Crippen LogP contribution in [0.4, 0.5) is 5.69 Å². The van der Waals surface area contributed by atoms with Crippen LogP contribution in [-0.2, 0) is 4.79 Å². The van der Waals surface area contributed by atoms with Crippen molar-refractivity contribution in [3.63, 3.8) is 0 Å². The summed E-state index contributed by atoms with van der Waals surface area (Å²) in [5.74, 6) is 1.12. The Morgan fingerprint density at radius 3 is 2.19 bits per heavy atom. The third-order valence-corrected chi connectivity index (χ3v) is 7.13. The zero-order valence-electron chi connectivity index (χ0n) is 20.6. The number of anilines is 1. The molecule has 1 N–H and O–H groups in total. The molecular formula is C29H25N3O4S. The number of rotatable bonds is 6. The van der Waals surface area contributed by atoms with Crippen LogP contribution in [0.2, 0.25) is 0 Å². The van der Waals surface area contributed by atoms with Crippen molar-refractivity contribution in [2.75, 3.05) is 19.5 Å². The number of benzene rings is 3. The van der Waals surface area contributed by atoms with Gasteiger partial charge in [-0.15, -0.1) is 0 Å². The highest BCUT2D eigenvalue weighted by Crippen LogP contribution is 2.31. The Morgan fingerprint density at radius 1 is 0.946 bits per heavy atom. The number of amides is 1. The minimum Gasteiger partial charge on any atom is -0.497 e. The standard InChI is InChI=1S/C29H25N3O4S/c1-18-25(27(33)31-21-7-5-4-6-8-21)26(20-11-15-23(36-3)16-12-20)32-28(34)24(37-29(32)30-18)17-19-9-13-22(35-2)14-10-19/h4-17,26H,1-3H3,(H,31,33)/b24-17+/t26-/m0/s1. The van der Waals surface area contributed by atoms with Gasteiger partial charge < -0.3 is 14.8 Å². The fourth-order valence-electron chi connectivity index (χ4n) is 4.28. The number of carbonyl (C=O) groups excluding carboxylic acids is 1. The van der Waals surface area contributed by atoms with Gasteiger partial charge in [0.2, 0.25) is 0 Å². The van der Waals surface area contributed by atoms with Crippen LogP contribution in [-0.4, -0.2) is 24.7 Å². The van der Waals surface area contributed by atoms with Crippen LogP contribution in [0.5, 0.6) is 11.5 Å². The fraction of sp³-hybridized carbons (Fsp3) is 0.138. The van der Waals surface area contributed by atoms with Crippen LogP contribution in [0, 0.1) is 0 Å². The van der Waals surface area contributed by atoms with E-state index in [4.69, 9.17) is 9.47 Å². The minimum atomic E-state index is -0.649. The number of hydrogen-bond acceptors (Lipinski definition) is 6. The van der Waals surface area contributed by atoms with Crippen molar-refractivity contribution >= 4 is 29.0 Å². The number of carbonyl (C=O) groups is 1. The highest BCUT2D eigenvalue weighted by atomic mass is 32.1. The third kappa shape index (κ3) is 4.83. The SMILES string of the molecule is COc1ccc(/C=c2/sc3n(c2=O)[C@@H](c2ccc(OC)cc2)C(C(=O)Nc2ccccc2)=C(C)N=3)cc1. The van der Waals surface area contributed by atoms with Crippen molar-refractivity contribution in [3.05, 3.63) is 121 Å². The van der Waals surface area contributed by atoms with Gasteiger partial charge in [-0.1, -0.05) is 53.8 Å². The molecule has 2 heterocycles. The third-order valence-electron chi connectivity index (χ3n) is 6.14. The lowest BCUT2D eigenvalue weighted by molar-refractivity contribution is -0.113. The lowest BCUT2D eigenvalue weighted by atomic mass is 9.95. The molecule has 1 aliphatic heterocycles. The number of ether oxygens (including phenoxy) is 2. The van der Waals surface area contributed by atoms with E-state index >= 15 is 0 Å². The van der Waals surface area contributed by atoms with Crippen molar-refractivity contribution in [2.45, 2.75) is 13.0 Å². The monoisotopic (exact) mass is 511 g/mol.